The summed E-state index contributed by atoms with van der Waals surface area (Å²) < 4.78 is 23.2. The molecule has 0 unspecified atom stereocenters. The first-order chi connectivity index (χ1) is 26.1. The van der Waals surface area contributed by atoms with Crippen molar-refractivity contribution in [2.75, 3.05) is 26.4 Å². The number of benzene rings is 6. The molecule has 2 heterocycles. The number of aromatic hydroxyl groups is 1. The highest BCUT2D eigenvalue weighted by atomic mass is 16.5. The lowest BCUT2D eigenvalue weighted by molar-refractivity contribution is 0.103. The van der Waals surface area contributed by atoms with Crippen molar-refractivity contribution in [3.8, 4) is 40.1 Å². The molecule has 0 saturated carbocycles. The van der Waals surface area contributed by atoms with Gasteiger partial charge in [0.1, 0.15) is 77.2 Å². The first-order valence-electron chi connectivity index (χ1n) is 16.9. The maximum absolute atomic E-state index is 13.1. The summed E-state index contributed by atoms with van der Waals surface area (Å²) in [4.78, 5) is 16.3. The Morgan fingerprint density at radius 3 is 1.23 bits per heavy atom. The fraction of sp³-hybridized carbons (Fsp3) is 0.0976. The molecule has 0 bridgehead atoms. The second-order valence-corrected chi connectivity index (χ2v) is 11.9. The minimum atomic E-state index is -0.323. The highest BCUT2D eigenvalue weighted by molar-refractivity contribution is 6.10. The second kappa shape index (κ2) is 15.0. The number of ketones is 1. The molecule has 0 radical (unpaired) electrons. The predicted molar refractivity (Wildman–Crippen MR) is 198 cm³/mol. The van der Waals surface area contributed by atoms with Gasteiger partial charge in [-0.15, -0.1) is 20.4 Å². The zero-order chi connectivity index (χ0) is 36.0. The lowest BCUT2D eigenvalue weighted by atomic mass is 10.0. The molecule has 8 aromatic rings. The van der Waals surface area contributed by atoms with Gasteiger partial charge in [-0.05, 0) is 109 Å². The van der Waals surface area contributed by atoms with Gasteiger partial charge in [-0.3, -0.25) is 4.79 Å². The van der Waals surface area contributed by atoms with Crippen LogP contribution in [0.25, 0.3) is 33.4 Å². The van der Waals surface area contributed by atoms with Crippen molar-refractivity contribution in [1.82, 2.24) is 30.0 Å². The van der Waals surface area contributed by atoms with E-state index in [0.717, 1.165) is 33.4 Å². The van der Waals surface area contributed by atoms with E-state index in [2.05, 4.69) is 20.4 Å². The fourth-order valence-electron chi connectivity index (χ4n) is 5.59. The summed E-state index contributed by atoms with van der Waals surface area (Å²) in [6.45, 7) is 1.15. The average molecular weight is 705 g/mol. The van der Waals surface area contributed by atoms with Crippen LogP contribution in [-0.2, 0) is 0 Å². The Kier molecular flexibility index (Phi) is 9.30. The number of rotatable bonds is 14. The third kappa shape index (κ3) is 7.61. The van der Waals surface area contributed by atoms with Crippen LogP contribution in [0.3, 0.4) is 0 Å². The van der Waals surface area contributed by atoms with E-state index in [1.54, 1.807) is 46.0 Å². The molecule has 0 aliphatic rings. The van der Waals surface area contributed by atoms with Gasteiger partial charge in [-0.25, -0.2) is 0 Å². The summed E-state index contributed by atoms with van der Waals surface area (Å²) in [5, 5.41) is 28.6. The van der Waals surface area contributed by atoms with Gasteiger partial charge < -0.3 is 24.1 Å². The Labute approximate surface area is 303 Å². The molecule has 12 nitrogen and oxygen atoms in total. The van der Waals surface area contributed by atoms with Crippen molar-refractivity contribution in [2.24, 2.45) is 0 Å². The normalized spacial score (nSPS) is 11.1. The van der Waals surface area contributed by atoms with Crippen LogP contribution in [-0.4, -0.2) is 67.3 Å². The van der Waals surface area contributed by atoms with E-state index in [0.29, 0.717) is 41.8 Å². The zero-order valence-corrected chi connectivity index (χ0v) is 28.3. The van der Waals surface area contributed by atoms with E-state index in [9.17, 15) is 9.90 Å². The number of hydrogen-bond donors (Lipinski definition) is 1. The molecule has 8 rings (SSSR count). The summed E-state index contributed by atoms with van der Waals surface area (Å²) in [7, 11) is 0. The molecule has 12 heteroatoms. The van der Waals surface area contributed by atoms with Crippen LogP contribution in [0.2, 0.25) is 0 Å². The summed E-state index contributed by atoms with van der Waals surface area (Å²) in [5.41, 5.74) is 5.53. The Hall–Kier alpha value is -7.21. The number of aromatic nitrogens is 6. The van der Waals surface area contributed by atoms with Crippen LogP contribution in [0.1, 0.15) is 15.9 Å². The predicted octanol–water partition coefficient (Wildman–Crippen LogP) is 7.01. The molecule has 0 spiro atoms. The first-order valence-corrected chi connectivity index (χ1v) is 16.9. The Morgan fingerprint density at radius 1 is 0.472 bits per heavy atom. The quantitative estimate of drug-likeness (QED) is 0.0931. The minimum absolute atomic E-state index is 0.165. The lowest BCUT2D eigenvalue weighted by Crippen LogP contribution is -2.10. The van der Waals surface area contributed by atoms with Crippen molar-refractivity contribution in [3.63, 3.8) is 0 Å². The van der Waals surface area contributed by atoms with E-state index in [4.69, 9.17) is 18.9 Å². The maximum atomic E-state index is 13.1. The Balaban J connectivity index is 0.768. The average Bonchev–Trinajstić information content (AvgIpc) is 3.84. The second-order valence-electron chi connectivity index (χ2n) is 11.9. The number of phenolic OH excluding ortho intramolecular Hbond substituents is 1. The molecule has 0 saturated heterocycles. The van der Waals surface area contributed by atoms with Crippen LogP contribution in [0.5, 0.6) is 28.7 Å². The summed E-state index contributed by atoms with van der Waals surface area (Å²) in [5.74, 6) is 1.87. The number of fused-ring (bicyclic) bond motifs is 2. The van der Waals surface area contributed by atoms with E-state index >= 15 is 0 Å². The van der Waals surface area contributed by atoms with Crippen molar-refractivity contribution in [1.29, 1.82) is 0 Å². The van der Waals surface area contributed by atoms with Gasteiger partial charge in [0.2, 0.25) is 0 Å². The highest BCUT2D eigenvalue weighted by Gasteiger charge is 2.15. The van der Waals surface area contributed by atoms with Crippen LogP contribution in [0.15, 0.2) is 140 Å². The molecule has 0 aliphatic heterocycles. The fourth-order valence-corrected chi connectivity index (χ4v) is 5.59. The molecule has 262 valence electrons. The Bertz CT molecular complexity index is 2430. The molecule has 0 atom stereocenters. The van der Waals surface area contributed by atoms with Crippen LogP contribution >= 0.6 is 0 Å². The minimum Gasteiger partial charge on any atom is -0.507 e. The largest absolute Gasteiger partial charge is 0.507 e. The number of carbonyl (C=O) groups is 1. The lowest BCUT2D eigenvalue weighted by Gasteiger charge is -2.11. The van der Waals surface area contributed by atoms with Gasteiger partial charge >= 0.3 is 0 Å². The molecule has 0 amide bonds. The Morgan fingerprint density at radius 2 is 0.830 bits per heavy atom. The molecule has 53 heavy (non-hydrogen) atoms. The highest BCUT2D eigenvalue weighted by Crippen LogP contribution is 2.27. The third-order valence-corrected chi connectivity index (χ3v) is 8.28. The van der Waals surface area contributed by atoms with Crippen LogP contribution in [0.4, 0.5) is 0 Å². The monoisotopic (exact) mass is 704 g/mol. The smallest absolute Gasteiger partial charge is 0.196 e. The first kappa shape index (κ1) is 33.0. The van der Waals surface area contributed by atoms with E-state index < -0.39 is 0 Å². The van der Waals surface area contributed by atoms with Gasteiger partial charge in [-0.1, -0.05) is 24.3 Å². The van der Waals surface area contributed by atoms with Gasteiger partial charge in [0.15, 0.2) is 5.78 Å². The summed E-state index contributed by atoms with van der Waals surface area (Å²) >= 11 is 0. The number of nitrogens with zero attached hydrogens (tertiary/aromatic N) is 6. The number of phenols is 1. The van der Waals surface area contributed by atoms with Gasteiger partial charge in [0.05, 0.1) is 16.9 Å². The standard InChI is InChI=1S/C41H32N6O6/c48-40-27-34(53-26-25-52-33-19-13-30(14-20-33)47-44-38-7-3-4-8-39(38)45-47)21-22-35(40)41(49)28-9-15-31(16-10-28)50-23-24-51-32-17-11-29(12-18-32)46-42-36-5-1-2-6-37(36)43-46/h1-22,27,48H,23-26H2. The molecule has 1 N–H and O–H groups in total. The van der Waals surface area contributed by atoms with Gasteiger partial charge in [0.25, 0.3) is 0 Å². The molecule has 2 aromatic heterocycles. The van der Waals surface area contributed by atoms with Crippen LogP contribution < -0.4 is 18.9 Å². The molecular formula is C41H32N6O6. The molecular weight excluding hydrogens is 672 g/mol. The van der Waals surface area contributed by atoms with Crippen LogP contribution in [0, 0.1) is 0 Å². The van der Waals surface area contributed by atoms with Crippen molar-refractivity contribution in [2.45, 2.75) is 0 Å². The molecule has 6 aromatic carbocycles. The van der Waals surface area contributed by atoms with Gasteiger partial charge in [0, 0.05) is 11.6 Å². The zero-order valence-electron chi connectivity index (χ0n) is 28.3. The van der Waals surface area contributed by atoms with E-state index in [1.165, 1.54) is 6.07 Å². The maximum Gasteiger partial charge on any atom is 0.196 e. The van der Waals surface area contributed by atoms with E-state index in [-0.39, 0.29) is 30.3 Å². The van der Waals surface area contributed by atoms with Crippen molar-refractivity contribution in [3.05, 3.63) is 151 Å². The SMILES string of the molecule is O=C(c1ccc(OCCOc2ccc(-n3nc4ccccc4n3)cc2)cc1)c1ccc(OCCOc2ccc(-n3nc4ccccc4n3)cc2)cc1O. The molecule has 0 fully saturated rings. The summed E-state index contributed by atoms with van der Waals surface area (Å²) in [6.07, 6.45) is 0. The summed E-state index contributed by atoms with van der Waals surface area (Å²) in [6, 6.07) is 41.7. The van der Waals surface area contributed by atoms with E-state index in [1.807, 2.05) is 97.1 Å². The van der Waals surface area contributed by atoms with Crippen molar-refractivity contribution < 1.29 is 28.8 Å². The van der Waals surface area contributed by atoms with Gasteiger partial charge in [-0.2, -0.15) is 9.59 Å². The number of hydrogen-bond acceptors (Lipinski definition) is 10. The third-order valence-electron chi connectivity index (χ3n) is 8.28. The number of carbonyl (C=O) groups excluding carboxylic acids is 1. The topological polar surface area (TPSA) is 136 Å². The molecule has 0 aliphatic carbocycles. The number of ether oxygens (including phenoxy) is 4. The van der Waals surface area contributed by atoms with Crippen molar-refractivity contribution >= 4 is 27.9 Å².